The highest BCUT2D eigenvalue weighted by molar-refractivity contribution is 7.80. The summed E-state index contributed by atoms with van der Waals surface area (Å²) in [6.07, 6.45) is 1.58. The summed E-state index contributed by atoms with van der Waals surface area (Å²) in [4.78, 5) is 24.3. The molecule has 0 unspecified atom stereocenters. The van der Waals surface area contributed by atoms with Gasteiger partial charge in [-0.05, 0) is 38.2 Å². The van der Waals surface area contributed by atoms with Crippen LogP contribution in [0.3, 0.4) is 0 Å². The van der Waals surface area contributed by atoms with Crippen molar-refractivity contribution >= 4 is 29.3 Å². The Morgan fingerprint density at radius 2 is 2.04 bits per heavy atom. The number of rotatable bonds is 5. The molecule has 0 bridgehead atoms. The van der Waals surface area contributed by atoms with E-state index in [0.29, 0.717) is 16.9 Å². The number of esters is 1. The summed E-state index contributed by atoms with van der Waals surface area (Å²) < 4.78 is 6.60. The van der Waals surface area contributed by atoms with Crippen LogP contribution in [0.25, 0.3) is 5.69 Å². The van der Waals surface area contributed by atoms with Crippen molar-refractivity contribution in [1.29, 1.82) is 0 Å². The largest absolute Gasteiger partial charge is 0.476 e. The first-order valence-corrected chi connectivity index (χ1v) is 8.66. The minimum atomic E-state index is -1.20. The van der Waals surface area contributed by atoms with Crippen LogP contribution in [0.4, 0.5) is 0 Å². The Balaban J connectivity index is 2.14. The lowest BCUT2D eigenvalue weighted by Gasteiger charge is -2.29. The molecule has 0 saturated heterocycles. The van der Waals surface area contributed by atoms with Gasteiger partial charge in [-0.15, -0.1) is 0 Å². The maximum atomic E-state index is 12.5. The van der Waals surface area contributed by atoms with Gasteiger partial charge in [0.05, 0.1) is 23.9 Å². The van der Waals surface area contributed by atoms with Crippen molar-refractivity contribution in [2.24, 2.45) is 0 Å². The third-order valence-electron chi connectivity index (χ3n) is 4.04. The fraction of sp³-hybridized carbons (Fsp3) is 0.222. The minimum absolute atomic E-state index is 0.171. The van der Waals surface area contributed by atoms with E-state index in [1.165, 1.54) is 4.68 Å². The molecule has 2 aromatic rings. The lowest BCUT2D eigenvalue weighted by Crippen LogP contribution is -2.45. The molecule has 140 valence electrons. The molecule has 0 radical (unpaired) electrons. The van der Waals surface area contributed by atoms with Crippen molar-refractivity contribution in [3.05, 3.63) is 59.1 Å². The molecule has 1 atom stereocenters. The fourth-order valence-corrected chi connectivity index (χ4v) is 3.16. The molecular weight excluding hydrogens is 368 g/mol. The number of carboxylic acid groups (broad SMARTS) is 1. The number of aromatic nitrogens is 2. The van der Waals surface area contributed by atoms with Crippen LogP contribution >= 0.6 is 12.2 Å². The number of hydrogen-bond donors (Lipinski definition) is 3. The van der Waals surface area contributed by atoms with Crippen molar-refractivity contribution in [3.63, 3.8) is 0 Å². The molecule has 0 spiro atoms. The molecule has 8 nitrogen and oxygen atoms in total. The second kappa shape index (κ2) is 7.58. The van der Waals surface area contributed by atoms with E-state index in [-0.39, 0.29) is 23.0 Å². The summed E-state index contributed by atoms with van der Waals surface area (Å²) in [5, 5.41) is 19.9. The maximum Gasteiger partial charge on any atom is 0.356 e. The average molecular weight is 386 g/mol. The van der Waals surface area contributed by atoms with Crippen LogP contribution in [0.2, 0.25) is 0 Å². The number of ether oxygens (including phenoxy) is 1. The van der Waals surface area contributed by atoms with Crippen LogP contribution in [0.5, 0.6) is 0 Å². The van der Waals surface area contributed by atoms with Gasteiger partial charge in [0, 0.05) is 17.5 Å². The van der Waals surface area contributed by atoms with Crippen LogP contribution < -0.4 is 10.6 Å². The number of benzene rings is 1. The summed E-state index contributed by atoms with van der Waals surface area (Å²) in [5.74, 6) is -1.75. The molecule has 1 aliphatic heterocycles. The average Bonchev–Trinajstić information content (AvgIpc) is 3.07. The van der Waals surface area contributed by atoms with Gasteiger partial charge in [-0.1, -0.05) is 18.2 Å². The number of para-hydroxylation sites is 1. The third-order valence-corrected chi connectivity index (χ3v) is 4.26. The van der Waals surface area contributed by atoms with E-state index >= 15 is 0 Å². The van der Waals surface area contributed by atoms with E-state index < -0.39 is 18.0 Å². The normalized spacial score (nSPS) is 16.5. The topological polar surface area (TPSA) is 105 Å². The van der Waals surface area contributed by atoms with Crippen LogP contribution in [-0.4, -0.2) is 38.5 Å². The Kier molecular flexibility index (Phi) is 5.22. The van der Waals surface area contributed by atoms with Gasteiger partial charge in [0.25, 0.3) is 0 Å². The van der Waals surface area contributed by atoms with Crippen molar-refractivity contribution in [1.82, 2.24) is 20.4 Å². The number of hydrogen-bond acceptors (Lipinski definition) is 5. The van der Waals surface area contributed by atoms with E-state index in [1.807, 2.05) is 18.2 Å². The number of aromatic carboxylic acids is 1. The smallest absolute Gasteiger partial charge is 0.356 e. The van der Waals surface area contributed by atoms with Crippen LogP contribution in [0, 0.1) is 0 Å². The maximum absolute atomic E-state index is 12.5. The van der Waals surface area contributed by atoms with Gasteiger partial charge in [-0.2, -0.15) is 5.10 Å². The van der Waals surface area contributed by atoms with Crippen molar-refractivity contribution in [2.45, 2.75) is 19.9 Å². The number of nitrogens with zero attached hydrogens (tertiary/aromatic N) is 2. The molecule has 3 N–H and O–H groups in total. The quantitative estimate of drug-likeness (QED) is 0.529. The molecule has 0 saturated carbocycles. The highest BCUT2D eigenvalue weighted by Gasteiger charge is 2.35. The Hall–Kier alpha value is -3.20. The molecule has 1 aliphatic rings. The molecule has 3 rings (SSSR count). The van der Waals surface area contributed by atoms with Gasteiger partial charge in [-0.25, -0.2) is 14.3 Å². The minimum Gasteiger partial charge on any atom is -0.476 e. The number of carbonyl (C=O) groups excluding carboxylic acids is 1. The summed E-state index contributed by atoms with van der Waals surface area (Å²) in [6.45, 7) is 3.59. The van der Waals surface area contributed by atoms with Gasteiger partial charge >= 0.3 is 11.9 Å². The number of carbonyl (C=O) groups is 2. The molecule has 1 aromatic carbocycles. The van der Waals surface area contributed by atoms with Gasteiger partial charge in [0.1, 0.15) is 0 Å². The van der Waals surface area contributed by atoms with Crippen molar-refractivity contribution in [3.8, 4) is 5.69 Å². The predicted octanol–water partition coefficient (Wildman–Crippen LogP) is 1.93. The molecular formula is C18H18N4O4S. The summed E-state index contributed by atoms with van der Waals surface area (Å²) in [5.41, 5.74) is 1.61. The molecule has 0 aliphatic carbocycles. The van der Waals surface area contributed by atoms with Crippen LogP contribution in [-0.2, 0) is 9.53 Å². The van der Waals surface area contributed by atoms with E-state index in [1.54, 1.807) is 32.2 Å². The predicted molar refractivity (Wildman–Crippen MR) is 101 cm³/mol. The number of carboxylic acids is 1. The van der Waals surface area contributed by atoms with E-state index in [0.717, 1.165) is 0 Å². The van der Waals surface area contributed by atoms with E-state index in [9.17, 15) is 14.7 Å². The molecule has 27 heavy (non-hydrogen) atoms. The van der Waals surface area contributed by atoms with Gasteiger partial charge < -0.3 is 20.5 Å². The Morgan fingerprint density at radius 3 is 2.67 bits per heavy atom. The highest BCUT2D eigenvalue weighted by Crippen LogP contribution is 2.30. The summed E-state index contributed by atoms with van der Waals surface area (Å²) in [6, 6.07) is 8.31. The monoisotopic (exact) mass is 386 g/mol. The zero-order chi connectivity index (χ0) is 19.6. The highest BCUT2D eigenvalue weighted by atomic mass is 32.1. The first kappa shape index (κ1) is 18.6. The Morgan fingerprint density at radius 1 is 1.33 bits per heavy atom. The van der Waals surface area contributed by atoms with E-state index in [2.05, 4.69) is 15.7 Å². The SMILES string of the molecule is CCOC(=O)C1=C(C)NC(=S)N[C@H]1c1cn(-c2ccccc2)nc1C(=O)O. The Labute approximate surface area is 160 Å². The first-order chi connectivity index (χ1) is 12.9. The number of nitrogens with one attached hydrogen (secondary N) is 2. The molecule has 9 heteroatoms. The third kappa shape index (κ3) is 3.68. The van der Waals surface area contributed by atoms with Gasteiger partial charge in [0.15, 0.2) is 10.8 Å². The van der Waals surface area contributed by atoms with Crippen molar-refractivity contribution in [2.75, 3.05) is 6.61 Å². The lowest BCUT2D eigenvalue weighted by atomic mass is 9.96. The zero-order valence-corrected chi connectivity index (χ0v) is 15.5. The van der Waals surface area contributed by atoms with Crippen LogP contribution in [0.1, 0.15) is 35.9 Å². The van der Waals surface area contributed by atoms with Gasteiger partial charge in [-0.3, -0.25) is 0 Å². The fourth-order valence-electron chi connectivity index (χ4n) is 2.88. The molecule has 0 fully saturated rings. The second-order valence-electron chi connectivity index (χ2n) is 5.81. The van der Waals surface area contributed by atoms with Crippen molar-refractivity contribution < 1.29 is 19.4 Å². The van der Waals surface area contributed by atoms with E-state index in [4.69, 9.17) is 17.0 Å². The lowest BCUT2D eigenvalue weighted by molar-refractivity contribution is -0.139. The molecule has 0 amide bonds. The second-order valence-corrected chi connectivity index (χ2v) is 6.22. The van der Waals surface area contributed by atoms with Crippen LogP contribution in [0.15, 0.2) is 47.8 Å². The first-order valence-electron chi connectivity index (χ1n) is 8.26. The standard InChI is InChI=1S/C18H18N4O4S/c1-3-26-17(25)13-10(2)19-18(27)20-14(13)12-9-22(21-15(12)16(23)24)11-7-5-4-6-8-11/h4-9,14H,3H2,1-2H3,(H,23,24)(H2,19,20,27)/t14-/m0/s1. The number of allylic oxidation sites excluding steroid dienone is 1. The summed E-state index contributed by atoms with van der Waals surface area (Å²) >= 11 is 5.19. The summed E-state index contributed by atoms with van der Waals surface area (Å²) in [7, 11) is 0. The molecule has 1 aromatic heterocycles. The van der Waals surface area contributed by atoms with Gasteiger partial charge in [0.2, 0.25) is 0 Å². The zero-order valence-electron chi connectivity index (χ0n) is 14.7. The number of thiocarbonyl (C=S) groups is 1. The Bertz CT molecular complexity index is 936. The molecule has 2 heterocycles.